The van der Waals surface area contributed by atoms with Crippen LogP contribution in [0.2, 0.25) is 0 Å². The van der Waals surface area contributed by atoms with Gasteiger partial charge in [0.05, 0.1) is 22.1 Å². The summed E-state index contributed by atoms with van der Waals surface area (Å²) in [4.78, 5) is 0. The van der Waals surface area contributed by atoms with Crippen molar-refractivity contribution in [2.24, 2.45) is 0 Å². The van der Waals surface area contributed by atoms with Crippen molar-refractivity contribution in [1.29, 1.82) is 0 Å². The third-order valence-corrected chi connectivity index (χ3v) is 12.1. The van der Waals surface area contributed by atoms with E-state index >= 15 is 0 Å². The molecule has 0 bridgehead atoms. The summed E-state index contributed by atoms with van der Waals surface area (Å²) in [5.74, 6) is 1.68. The van der Waals surface area contributed by atoms with E-state index < -0.39 is 0 Å². The van der Waals surface area contributed by atoms with Crippen molar-refractivity contribution in [2.75, 3.05) is 0 Å². The largest absolute Gasteiger partial charge is 0.456 e. The Hall–Kier alpha value is -7.82. The lowest BCUT2D eigenvalue weighted by atomic mass is 9.89. The molecule has 270 valence electrons. The fourth-order valence-electron chi connectivity index (χ4n) is 9.65. The number of hydrogen-bond acceptors (Lipinski definition) is 2. The number of aromatic nitrogens is 2. The fraction of sp³-hybridized carbons (Fsp3) is 0. The van der Waals surface area contributed by atoms with Crippen LogP contribution < -0.4 is 0 Å². The topological polar surface area (TPSA) is 36.1 Å². The maximum Gasteiger partial charge on any atom is 0.136 e. The molecule has 0 spiro atoms. The van der Waals surface area contributed by atoms with E-state index in [9.17, 15) is 0 Å². The molecular formula is C54H32N2O2. The van der Waals surface area contributed by atoms with Gasteiger partial charge >= 0.3 is 0 Å². The van der Waals surface area contributed by atoms with Gasteiger partial charge in [0.2, 0.25) is 0 Å². The van der Waals surface area contributed by atoms with Gasteiger partial charge in [-0.25, -0.2) is 0 Å². The van der Waals surface area contributed by atoms with Crippen LogP contribution in [-0.2, 0) is 0 Å². The number of nitrogens with zero attached hydrogens (tertiary/aromatic N) is 2. The second-order valence-corrected chi connectivity index (χ2v) is 15.2. The van der Waals surface area contributed by atoms with Crippen LogP contribution in [0, 0.1) is 0 Å². The summed E-state index contributed by atoms with van der Waals surface area (Å²) in [6.45, 7) is 0. The first-order valence-electron chi connectivity index (χ1n) is 19.8. The van der Waals surface area contributed by atoms with Gasteiger partial charge in [-0.05, 0) is 94.3 Å². The number of rotatable bonds is 4. The third-order valence-electron chi connectivity index (χ3n) is 12.1. The van der Waals surface area contributed by atoms with Gasteiger partial charge in [0.1, 0.15) is 22.7 Å². The molecule has 4 heterocycles. The van der Waals surface area contributed by atoms with Crippen molar-refractivity contribution >= 4 is 87.1 Å². The molecule has 0 aliphatic rings. The number of para-hydroxylation sites is 4. The summed E-state index contributed by atoms with van der Waals surface area (Å²) in [5.41, 5.74) is 10.8. The van der Waals surface area contributed by atoms with Crippen LogP contribution in [0.1, 0.15) is 0 Å². The molecule has 0 aliphatic heterocycles. The molecule has 0 amide bonds. The lowest BCUT2D eigenvalue weighted by molar-refractivity contribution is 0.631. The Balaban J connectivity index is 0.983. The van der Waals surface area contributed by atoms with Gasteiger partial charge in [-0.3, -0.25) is 0 Å². The summed E-state index contributed by atoms with van der Waals surface area (Å²) in [6, 6.07) is 69.3. The van der Waals surface area contributed by atoms with Gasteiger partial charge in [0.15, 0.2) is 0 Å². The van der Waals surface area contributed by atoms with Crippen LogP contribution in [0.25, 0.3) is 121 Å². The Kier molecular flexibility index (Phi) is 6.41. The molecule has 0 aliphatic carbocycles. The van der Waals surface area contributed by atoms with E-state index in [1.165, 1.54) is 43.6 Å². The molecule has 58 heavy (non-hydrogen) atoms. The minimum absolute atomic E-state index is 0.841. The van der Waals surface area contributed by atoms with Gasteiger partial charge < -0.3 is 18.0 Å². The standard InChI is InChI=1S/C54H32N2O2/c1-2-18-42-41(17-1)53(51-31-33-29-35(25-27-49(33)57-51)55-45-21-9-5-13-37(45)38-14-6-10-22-46(38)55)43-19-3-4-20-44(43)54(42)52-32-34-30-36(26-28-50(34)58-52)56-47-23-11-7-15-39(47)40-16-8-12-24-48(40)56/h1-32H. The predicted octanol–water partition coefficient (Wildman–Crippen LogP) is 15.0. The van der Waals surface area contributed by atoms with Crippen molar-refractivity contribution in [3.8, 4) is 34.0 Å². The zero-order chi connectivity index (χ0) is 37.9. The van der Waals surface area contributed by atoms with Crippen molar-refractivity contribution in [3.63, 3.8) is 0 Å². The van der Waals surface area contributed by atoms with Crippen LogP contribution >= 0.6 is 0 Å². The highest BCUT2D eigenvalue weighted by Crippen LogP contribution is 2.46. The Morgan fingerprint density at radius 1 is 0.276 bits per heavy atom. The minimum Gasteiger partial charge on any atom is -0.456 e. The maximum absolute atomic E-state index is 6.79. The molecule has 0 atom stereocenters. The first-order chi connectivity index (χ1) is 28.8. The lowest BCUT2D eigenvalue weighted by Gasteiger charge is -2.14. The van der Waals surface area contributed by atoms with Crippen molar-refractivity contribution in [1.82, 2.24) is 9.13 Å². The molecule has 0 saturated heterocycles. The van der Waals surface area contributed by atoms with Crippen LogP contribution in [0.3, 0.4) is 0 Å². The Morgan fingerprint density at radius 2 is 0.569 bits per heavy atom. The van der Waals surface area contributed by atoms with E-state index in [1.54, 1.807) is 0 Å². The zero-order valence-corrected chi connectivity index (χ0v) is 31.2. The van der Waals surface area contributed by atoms with E-state index in [4.69, 9.17) is 8.83 Å². The molecular weight excluding hydrogens is 709 g/mol. The molecule has 0 radical (unpaired) electrons. The van der Waals surface area contributed by atoms with Gasteiger partial charge in [0.25, 0.3) is 0 Å². The molecule has 0 saturated carbocycles. The van der Waals surface area contributed by atoms with E-state index in [-0.39, 0.29) is 0 Å². The Labute approximate surface area is 332 Å². The van der Waals surface area contributed by atoms with Gasteiger partial charge in [-0.2, -0.15) is 0 Å². The first kappa shape index (κ1) is 31.4. The highest BCUT2D eigenvalue weighted by Gasteiger charge is 2.22. The highest BCUT2D eigenvalue weighted by molar-refractivity contribution is 6.21. The Bertz CT molecular complexity index is 3400. The highest BCUT2D eigenvalue weighted by atomic mass is 16.3. The molecule has 13 aromatic rings. The lowest BCUT2D eigenvalue weighted by Crippen LogP contribution is -1.92. The summed E-state index contributed by atoms with van der Waals surface area (Å²) in [6.07, 6.45) is 0. The van der Waals surface area contributed by atoms with Gasteiger partial charge in [-0.15, -0.1) is 0 Å². The average Bonchev–Trinajstić information content (AvgIpc) is 4.05. The van der Waals surface area contributed by atoms with Gasteiger partial charge in [0, 0.05) is 54.8 Å². The van der Waals surface area contributed by atoms with E-state index in [0.717, 1.165) is 77.5 Å². The molecule has 13 rings (SSSR count). The molecule has 0 N–H and O–H groups in total. The SMILES string of the molecule is c1ccc2c(-c3cc4cc(-n5c6ccccc6c6ccccc65)ccc4o3)c3ccccc3c(-c3cc4cc(-n5c6ccccc6c6ccccc65)ccc4o3)c2c1. The van der Waals surface area contributed by atoms with Crippen molar-refractivity contribution in [2.45, 2.75) is 0 Å². The van der Waals surface area contributed by atoms with Crippen LogP contribution in [0.5, 0.6) is 0 Å². The van der Waals surface area contributed by atoms with Crippen LogP contribution in [0.4, 0.5) is 0 Å². The maximum atomic E-state index is 6.79. The van der Waals surface area contributed by atoms with E-state index in [0.29, 0.717) is 0 Å². The zero-order valence-electron chi connectivity index (χ0n) is 31.2. The predicted molar refractivity (Wildman–Crippen MR) is 241 cm³/mol. The van der Waals surface area contributed by atoms with Crippen LogP contribution in [-0.4, -0.2) is 9.13 Å². The first-order valence-corrected chi connectivity index (χ1v) is 19.8. The monoisotopic (exact) mass is 740 g/mol. The minimum atomic E-state index is 0.841. The normalized spacial score (nSPS) is 12.1. The number of furan rings is 2. The molecule has 0 fully saturated rings. The van der Waals surface area contributed by atoms with Crippen molar-refractivity contribution < 1.29 is 8.83 Å². The van der Waals surface area contributed by atoms with E-state index in [2.05, 4.69) is 203 Å². The summed E-state index contributed by atoms with van der Waals surface area (Å²) in [5, 5.41) is 11.6. The quantitative estimate of drug-likeness (QED) is 0.168. The summed E-state index contributed by atoms with van der Waals surface area (Å²) < 4.78 is 18.3. The smallest absolute Gasteiger partial charge is 0.136 e. The number of hydrogen-bond donors (Lipinski definition) is 0. The second kappa shape index (κ2) is 11.8. The van der Waals surface area contributed by atoms with Crippen LogP contribution in [0.15, 0.2) is 203 Å². The van der Waals surface area contributed by atoms with Crippen molar-refractivity contribution in [3.05, 3.63) is 194 Å². The number of fused-ring (bicyclic) bond motifs is 10. The molecule has 9 aromatic carbocycles. The summed E-state index contributed by atoms with van der Waals surface area (Å²) in [7, 11) is 0. The van der Waals surface area contributed by atoms with Gasteiger partial charge in [-0.1, -0.05) is 121 Å². The second-order valence-electron chi connectivity index (χ2n) is 15.2. The molecule has 4 heteroatoms. The Morgan fingerprint density at radius 3 is 0.897 bits per heavy atom. The number of benzene rings is 9. The van der Waals surface area contributed by atoms with E-state index in [1.807, 2.05) is 0 Å². The summed E-state index contributed by atoms with van der Waals surface area (Å²) >= 11 is 0. The molecule has 0 unspecified atom stereocenters. The third kappa shape index (κ3) is 4.40. The fourth-order valence-corrected chi connectivity index (χ4v) is 9.65. The molecule has 4 aromatic heterocycles. The average molecular weight is 741 g/mol. The molecule has 4 nitrogen and oxygen atoms in total.